The van der Waals surface area contributed by atoms with E-state index in [0.717, 1.165) is 22.1 Å². The molecule has 0 bridgehead atoms. The van der Waals surface area contributed by atoms with Crippen molar-refractivity contribution in [2.24, 2.45) is 5.92 Å². The molecule has 0 N–H and O–H groups in total. The Balaban J connectivity index is 1.65. The molecule has 3 heterocycles. The summed E-state index contributed by atoms with van der Waals surface area (Å²) < 4.78 is 35.3. The molecular formula is C30H28N2O5S. The molecule has 0 radical (unpaired) electrons. The Morgan fingerprint density at radius 2 is 1.63 bits per heavy atom. The van der Waals surface area contributed by atoms with Crippen LogP contribution in [0.3, 0.4) is 0 Å². The summed E-state index contributed by atoms with van der Waals surface area (Å²) in [6.45, 7) is 2.31. The molecule has 1 fully saturated rings. The number of aryl methyl sites for hydroxylation is 1. The van der Waals surface area contributed by atoms with E-state index in [1.165, 1.54) is 11.1 Å². The minimum atomic E-state index is -4.06. The first-order valence-electron chi connectivity index (χ1n) is 12.7. The van der Waals surface area contributed by atoms with Gasteiger partial charge in [0.25, 0.3) is 10.0 Å². The third-order valence-corrected chi connectivity index (χ3v) is 9.69. The molecule has 8 heteroatoms. The van der Waals surface area contributed by atoms with E-state index in [1.807, 2.05) is 55.5 Å². The molecule has 3 aromatic carbocycles. The molecule has 0 unspecified atom stereocenters. The van der Waals surface area contributed by atoms with Crippen LogP contribution in [0.4, 0.5) is 0 Å². The van der Waals surface area contributed by atoms with Crippen molar-refractivity contribution >= 4 is 32.8 Å². The number of rotatable bonds is 4. The predicted molar refractivity (Wildman–Crippen MR) is 143 cm³/mol. The van der Waals surface area contributed by atoms with Crippen LogP contribution in [0.15, 0.2) is 83.8 Å². The molecule has 1 aromatic heterocycles. The number of hydrogen-bond acceptors (Lipinski definition) is 5. The summed E-state index contributed by atoms with van der Waals surface area (Å²) in [7, 11) is -2.72. The van der Waals surface area contributed by atoms with E-state index < -0.39 is 33.9 Å². The second kappa shape index (κ2) is 9.13. The molecule has 6 rings (SSSR count). The van der Waals surface area contributed by atoms with Crippen LogP contribution in [0.2, 0.25) is 0 Å². The maximum atomic E-state index is 14.3. The average Bonchev–Trinajstić information content (AvgIpc) is 3.29. The molecule has 1 saturated heterocycles. The first-order valence-corrected chi connectivity index (χ1v) is 14.1. The number of para-hydroxylation sites is 1. The van der Waals surface area contributed by atoms with Crippen molar-refractivity contribution in [2.75, 3.05) is 13.7 Å². The quantitative estimate of drug-likeness (QED) is 0.362. The summed E-state index contributed by atoms with van der Waals surface area (Å²) in [5.41, 5.74) is 3.67. The van der Waals surface area contributed by atoms with Crippen LogP contribution in [0.1, 0.15) is 40.8 Å². The Bertz CT molecular complexity index is 1660. The summed E-state index contributed by atoms with van der Waals surface area (Å²) >= 11 is 0. The molecule has 0 saturated carbocycles. The summed E-state index contributed by atoms with van der Waals surface area (Å²) in [6, 6.07) is 22.8. The van der Waals surface area contributed by atoms with Gasteiger partial charge in [0, 0.05) is 24.3 Å². The molecule has 7 nitrogen and oxygen atoms in total. The highest BCUT2D eigenvalue weighted by molar-refractivity contribution is 7.90. The van der Waals surface area contributed by atoms with Gasteiger partial charge in [0.15, 0.2) is 0 Å². The van der Waals surface area contributed by atoms with Crippen molar-refractivity contribution in [2.45, 2.75) is 36.6 Å². The predicted octanol–water partition coefficient (Wildman–Crippen LogP) is 4.59. The maximum Gasteiger partial charge on any atom is 0.311 e. The Hall–Kier alpha value is -3.91. The van der Waals surface area contributed by atoms with Gasteiger partial charge in [0.2, 0.25) is 5.91 Å². The lowest BCUT2D eigenvalue weighted by molar-refractivity contribution is -0.157. The SMILES string of the molecule is COC(=O)[C@H]1[C@@H](c2ccccc2)CC(=O)N2CCc3c(n(S(=O)(=O)c4ccc(C)cc4)c4ccccc34)[C@@H]12. The van der Waals surface area contributed by atoms with Crippen molar-refractivity contribution < 1.29 is 22.7 Å². The Morgan fingerprint density at radius 1 is 0.947 bits per heavy atom. The van der Waals surface area contributed by atoms with Crippen molar-refractivity contribution in [1.29, 1.82) is 0 Å². The first-order chi connectivity index (χ1) is 18.3. The number of nitrogens with zero attached hydrogens (tertiary/aromatic N) is 2. The van der Waals surface area contributed by atoms with Gasteiger partial charge in [-0.15, -0.1) is 0 Å². The molecule has 2 aliphatic heterocycles. The summed E-state index contributed by atoms with van der Waals surface area (Å²) in [5.74, 6) is -1.77. The first kappa shape index (κ1) is 24.4. The zero-order chi connectivity index (χ0) is 26.6. The van der Waals surface area contributed by atoms with E-state index in [9.17, 15) is 18.0 Å². The summed E-state index contributed by atoms with van der Waals surface area (Å²) in [5, 5.41) is 0.815. The van der Waals surface area contributed by atoms with E-state index in [2.05, 4.69) is 0 Å². The topological polar surface area (TPSA) is 85.7 Å². The molecule has 38 heavy (non-hydrogen) atoms. The molecule has 0 spiro atoms. The lowest BCUT2D eigenvalue weighted by Crippen LogP contribution is -2.52. The third kappa shape index (κ3) is 3.66. The normalized spacial score (nSPS) is 21.2. The van der Waals surface area contributed by atoms with Crippen molar-refractivity contribution in [1.82, 2.24) is 8.87 Å². The number of hydrogen-bond donors (Lipinski definition) is 0. The summed E-state index contributed by atoms with van der Waals surface area (Å²) in [6.07, 6.45) is 0.652. The number of amides is 1. The number of carbonyl (C=O) groups is 2. The molecular weight excluding hydrogens is 500 g/mol. The highest BCUT2D eigenvalue weighted by Gasteiger charge is 2.52. The zero-order valence-corrected chi connectivity index (χ0v) is 22.0. The van der Waals surface area contributed by atoms with Crippen LogP contribution in [-0.2, 0) is 30.8 Å². The average molecular weight is 529 g/mol. The number of esters is 1. The third-order valence-electron chi connectivity index (χ3n) is 7.94. The van der Waals surface area contributed by atoms with E-state index in [-0.39, 0.29) is 17.2 Å². The van der Waals surface area contributed by atoms with Gasteiger partial charge in [-0.3, -0.25) is 9.59 Å². The Morgan fingerprint density at radius 3 is 2.34 bits per heavy atom. The van der Waals surface area contributed by atoms with Gasteiger partial charge in [-0.25, -0.2) is 12.4 Å². The molecule has 194 valence electrons. The van der Waals surface area contributed by atoms with Crippen LogP contribution in [-0.4, -0.2) is 42.8 Å². The van der Waals surface area contributed by atoms with Crippen molar-refractivity contribution in [3.05, 3.63) is 101 Å². The fraction of sp³-hybridized carbons (Fsp3) is 0.267. The van der Waals surface area contributed by atoms with Crippen LogP contribution < -0.4 is 0 Å². The molecule has 0 aliphatic carbocycles. The van der Waals surface area contributed by atoms with Gasteiger partial charge in [0.05, 0.1) is 35.2 Å². The standard InChI is InChI=1S/C30H28N2O5S/c1-19-12-14-21(15-13-19)38(35,36)32-25-11-7-6-10-22(25)23-16-17-31-26(33)18-24(20-8-4-3-5-9-20)27(30(34)37-2)29(31)28(23)32/h3-15,24,27,29H,16-18H2,1-2H3/t24-,27+,29-/m1/s1. The molecule has 3 atom stereocenters. The second-order valence-electron chi connectivity index (χ2n) is 10.0. The monoisotopic (exact) mass is 528 g/mol. The number of methoxy groups -OCH3 is 1. The largest absolute Gasteiger partial charge is 0.469 e. The lowest BCUT2D eigenvalue weighted by atomic mass is 9.72. The van der Waals surface area contributed by atoms with E-state index in [0.29, 0.717) is 24.2 Å². The summed E-state index contributed by atoms with van der Waals surface area (Å²) in [4.78, 5) is 28.9. The van der Waals surface area contributed by atoms with E-state index >= 15 is 0 Å². The Kier molecular flexibility index (Phi) is 5.87. The highest BCUT2D eigenvalue weighted by Crippen LogP contribution is 2.50. The van der Waals surface area contributed by atoms with Crippen LogP contribution in [0.25, 0.3) is 10.9 Å². The van der Waals surface area contributed by atoms with Gasteiger partial charge in [-0.1, -0.05) is 66.2 Å². The van der Waals surface area contributed by atoms with Crippen molar-refractivity contribution in [3.8, 4) is 0 Å². The zero-order valence-electron chi connectivity index (χ0n) is 21.2. The van der Waals surface area contributed by atoms with Crippen LogP contribution >= 0.6 is 0 Å². The Labute approximate surface area is 221 Å². The number of ether oxygens (including phenoxy) is 1. The fourth-order valence-electron chi connectivity index (χ4n) is 6.20. The van der Waals surface area contributed by atoms with Gasteiger partial charge in [-0.05, 0) is 42.7 Å². The lowest BCUT2D eigenvalue weighted by Gasteiger charge is -2.46. The molecule has 2 aliphatic rings. The van der Waals surface area contributed by atoms with E-state index in [1.54, 1.807) is 35.2 Å². The van der Waals surface area contributed by atoms with Gasteiger partial charge >= 0.3 is 5.97 Å². The smallest absolute Gasteiger partial charge is 0.311 e. The highest BCUT2D eigenvalue weighted by atomic mass is 32.2. The van der Waals surface area contributed by atoms with Crippen molar-refractivity contribution in [3.63, 3.8) is 0 Å². The van der Waals surface area contributed by atoms with Gasteiger partial charge < -0.3 is 9.64 Å². The van der Waals surface area contributed by atoms with Crippen LogP contribution in [0, 0.1) is 12.8 Å². The molecule has 1 amide bonds. The molecule has 4 aromatic rings. The number of benzene rings is 3. The number of fused-ring (bicyclic) bond motifs is 5. The van der Waals surface area contributed by atoms with Crippen LogP contribution in [0.5, 0.6) is 0 Å². The van der Waals surface area contributed by atoms with E-state index in [4.69, 9.17) is 4.74 Å². The van der Waals surface area contributed by atoms with Gasteiger partial charge in [0.1, 0.15) is 0 Å². The number of piperidine rings is 1. The fourth-order valence-corrected chi connectivity index (χ4v) is 7.79. The maximum absolute atomic E-state index is 14.3. The van der Waals surface area contributed by atoms with Gasteiger partial charge in [-0.2, -0.15) is 0 Å². The number of aromatic nitrogens is 1. The number of carbonyl (C=O) groups excluding carboxylic acids is 2. The minimum Gasteiger partial charge on any atom is -0.469 e. The minimum absolute atomic E-state index is 0.0980. The second-order valence-corrected chi connectivity index (χ2v) is 11.8.